The first kappa shape index (κ1) is 12.9. The van der Waals surface area contributed by atoms with Crippen LogP contribution in [0.5, 0.6) is 0 Å². The Morgan fingerprint density at radius 3 is 2.67 bits per heavy atom. The van der Waals surface area contributed by atoms with Gasteiger partial charge in [-0.1, -0.05) is 30.3 Å². The summed E-state index contributed by atoms with van der Waals surface area (Å²) in [5.74, 6) is -0.462. The van der Waals surface area contributed by atoms with E-state index in [1.807, 2.05) is 30.3 Å². The van der Waals surface area contributed by atoms with Crippen LogP contribution >= 0.6 is 0 Å². The predicted octanol–water partition coefficient (Wildman–Crippen LogP) is 3.78. The van der Waals surface area contributed by atoms with Gasteiger partial charge < -0.3 is 14.8 Å². The smallest absolute Gasteiger partial charge is 0.335 e. The largest absolute Gasteiger partial charge is 0.478 e. The van der Waals surface area contributed by atoms with Gasteiger partial charge in [-0.05, 0) is 24.3 Å². The average Bonchev–Trinajstić information content (AvgIpc) is 2.97. The molecule has 2 N–H and O–H groups in total. The van der Waals surface area contributed by atoms with Gasteiger partial charge in [-0.2, -0.15) is 0 Å². The molecule has 5 heteroatoms. The molecule has 0 aliphatic heterocycles. The van der Waals surface area contributed by atoms with E-state index < -0.39 is 5.97 Å². The van der Waals surface area contributed by atoms with Crippen molar-refractivity contribution in [1.29, 1.82) is 0 Å². The molecule has 3 aromatic rings. The van der Waals surface area contributed by atoms with Crippen molar-refractivity contribution in [1.82, 2.24) is 4.98 Å². The first-order valence-corrected chi connectivity index (χ1v) is 6.34. The molecule has 0 atom stereocenters. The summed E-state index contributed by atoms with van der Waals surface area (Å²) in [5, 5.41) is 12.0. The van der Waals surface area contributed by atoms with E-state index >= 15 is 0 Å². The van der Waals surface area contributed by atoms with E-state index in [1.165, 1.54) is 6.07 Å². The maximum atomic E-state index is 11.0. The van der Waals surface area contributed by atoms with Crippen LogP contribution in [0.4, 0.5) is 11.7 Å². The topological polar surface area (TPSA) is 75.4 Å². The zero-order valence-electron chi connectivity index (χ0n) is 11.0. The van der Waals surface area contributed by atoms with E-state index in [1.54, 1.807) is 24.4 Å². The monoisotopic (exact) mass is 280 g/mol. The third-order valence-corrected chi connectivity index (χ3v) is 2.92. The molecule has 0 spiro atoms. The molecule has 0 aliphatic carbocycles. The molecule has 1 heterocycles. The van der Waals surface area contributed by atoms with Crippen LogP contribution in [0.3, 0.4) is 0 Å². The van der Waals surface area contributed by atoms with E-state index in [0.717, 1.165) is 5.69 Å². The van der Waals surface area contributed by atoms with Crippen molar-refractivity contribution in [2.24, 2.45) is 0 Å². The van der Waals surface area contributed by atoms with Gasteiger partial charge in [-0.3, -0.25) is 0 Å². The summed E-state index contributed by atoms with van der Waals surface area (Å²) in [4.78, 5) is 15.1. The lowest BCUT2D eigenvalue weighted by atomic mass is 10.1. The fraction of sp³-hybridized carbons (Fsp3) is 0. The number of aromatic nitrogens is 1. The second-order valence-corrected chi connectivity index (χ2v) is 4.41. The second kappa shape index (κ2) is 5.50. The number of hydrogen-bond acceptors (Lipinski definition) is 4. The summed E-state index contributed by atoms with van der Waals surface area (Å²) in [6.45, 7) is 0. The molecule has 0 aliphatic rings. The van der Waals surface area contributed by atoms with Gasteiger partial charge in [0, 0.05) is 11.3 Å². The van der Waals surface area contributed by atoms with Crippen LogP contribution in [0.1, 0.15) is 10.4 Å². The molecule has 0 bridgehead atoms. The lowest BCUT2D eigenvalue weighted by Crippen LogP contribution is -1.95. The van der Waals surface area contributed by atoms with E-state index in [2.05, 4.69) is 10.3 Å². The number of carbonyl (C=O) groups is 1. The van der Waals surface area contributed by atoms with Crippen LogP contribution in [0.25, 0.3) is 11.3 Å². The Bertz CT molecular complexity index is 766. The number of carboxylic acid groups (broad SMARTS) is 1. The van der Waals surface area contributed by atoms with Crippen molar-refractivity contribution in [3.05, 3.63) is 66.4 Å². The van der Waals surface area contributed by atoms with Crippen LogP contribution in [-0.4, -0.2) is 16.1 Å². The molecule has 104 valence electrons. The third-order valence-electron chi connectivity index (χ3n) is 2.92. The molecule has 1 aromatic heterocycles. The Morgan fingerprint density at radius 1 is 1.10 bits per heavy atom. The molecule has 21 heavy (non-hydrogen) atoms. The maximum Gasteiger partial charge on any atom is 0.335 e. The van der Waals surface area contributed by atoms with Crippen LogP contribution in [-0.2, 0) is 0 Å². The van der Waals surface area contributed by atoms with Crippen LogP contribution in [0, 0.1) is 0 Å². The minimum Gasteiger partial charge on any atom is -0.478 e. The lowest BCUT2D eigenvalue weighted by Gasteiger charge is -2.01. The molecular weight excluding hydrogens is 268 g/mol. The van der Waals surface area contributed by atoms with Crippen molar-refractivity contribution in [2.45, 2.75) is 0 Å². The summed E-state index contributed by atoms with van der Waals surface area (Å²) in [7, 11) is 0. The van der Waals surface area contributed by atoms with E-state index in [-0.39, 0.29) is 5.56 Å². The molecule has 0 saturated carbocycles. The zero-order valence-corrected chi connectivity index (χ0v) is 11.0. The number of anilines is 2. The molecule has 2 aromatic carbocycles. The minimum absolute atomic E-state index is 0.210. The van der Waals surface area contributed by atoms with Gasteiger partial charge in [-0.15, -0.1) is 0 Å². The summed E-state index contributed by atoms with van der Waals surface area (Å²) in [6, 6.07) is 16.4. The highest BCUT2D eigenvalue weighted by Crippen LogP contribution is 2.25. The Kier molecular flexibility index (Phi) is 3.39. The number of aromatic carboxylic acids is 1. The Morgan fingerprint density at radius 2 is 1.90 bits per heavy atom. The molecule has 5 nitrogen and oxygen atoms in total. The number of benzene rings is 2. The van der Waals surface area contributed by atoms with Crippen LogP contribution in [0.2, 0.25) is 0 Å². The lowest BCUT2D eigenvalue weighted by molar-refractivity contribution is 0.0697. The van der Waals surface area contributed by atoms with Gasteiger partial charge in [0.25, 0.3) is 6.01 Å². The molecule has 3 rings (SSSR count). The molecule has 0 radical (unpaired) electrons. The van der Waals surface area contributed by atoms with Gasteiger partial charge in [0.05, 0.1) is 11.8 Å². The van der Waals surface area contributed by atoms with Gasteiger partial charge in [-0.25, -0.2) is 9.78 Å². The van der Waals surface area contributed by atoms with Crippen molar-refractivity contribution in [2.75, 3.05) is 5.32 Å². The second-order valence-electron chi connectivity index (χ2n) is 4.41. The summed E-state index contributed by atoms with van der Waals surface area (Å²) < 4.78 is 5.59. The fourth-order valence-corrected chi connectivity index (χ4v) is 1.92. The molecule has 0 saturated heterocycles. The first-order chi connectivity index (χ1) is 10.2. The number of para-hydroxylation sites is 1. The number of hydrogen-bond donors (Lipinski definition) is 2. The van der Waals surface area contributed by atoms with E-state index in [9.17, 15) is 4.79 Å². The fourth-order valence-electron chi connectivity index (χ4n) is 1.92. The number of nitrogens with one attached hydrogen (secondary N) is 1. The Balaban J connectivity index is 1.85. The first-order valence-electron chi connectivity index (χ1n) is 6.34. The summed E-state index contributed by atoms with van der Waals surface area (Å²) >= 11 is 0. The number of oxazole rings is 1. The maximum absolute atomic E-state index is 11.0. The average molecular weight is 280 g/mol. The van der Waals surface area contributed by atoms with Crippen molar-refractivity contribution in [3.63, 3.8) is 0 Å². The predicted molar refractivity (Wildman–Crippen MR) is 78.6 cm³/mol. The van der Waals surface area contributed by atoms with E-state index in [0.29, 0.717) is 17.3 Å². The van der Waals surface area contributed by atoms with Crippen molar-refractivity contribution >= 4 is 17.7 Å². The number of nitrogens with zero attached hydrogens (tertiary/aromatic N) is 1. The highest BCUT2D eigenvalue weighted by molar-refractivity contribution is 5.89. The zero-order chi connectivity index (χ0) is 14.7. The molecule has 0 amide bonds. The van der Waals surface area contributed by atoms with Gasteiger partial charge >= 0.3 is 5.97 Å². The highest BCUT2D eigenvalue weighted by Gasteiger charge is 2.09. The molecule has 0 fully saturated rings. The van der Waals surface area contributed by atoms with Crippen LogP contribution < -0.4 is 5.32 Å². The minimum atomic E-state index is -0.973. The van der Waals surface area contributed by atoms with Crippen LogP contribution in [0.15, 0.2) is 65.2 Å². The normalized spacial score (nSPS) is 10.3. The van der Waals surface area contributed by atoms with E-state index in [4.69, 9.17) is 9.52 Å². The van der Waals surface area contributed by atoms with Crippen molar-refractivity contribution < 1.29 is 14.3 Å². The quantitative estimate of drug-likeness (QED) is 0.760. The van der Waals surface area contributed by atoms with Gasteiger partial charge in [0.2, 0.25) is 0 Å². The number of carboxylic acids is 1. The third kappa shape index (κ3) is 2.92. The standard InChI is InChI=1S/C16H12N2O3/c19-15(20)12-6-4-5-11(9-12)14-10-17-16(21-14)18-13-7-2-1-3-8-13/h1-10H,(H,17,18)(H,19,20). The summed E-state index contributed by atoms with van der Waals surface area (Å²) in [5.41, 5.74) is 1.75. The molecule has 0 unspecified atom stereocenters. The Hall–Kier alpha value is -3.08. The molecular formula is C16H12N2O3. The van der Waals surface area contributed by atoms with Gasteiger partial charge in [0.15, 0.2) is 5.76 Å². The highest BCUT2D eigenvalue weighted by atomic mass is 16.4. The van der Waals surface area contributed by atoms with Crippen molar-refractivity contribution in [3.8, 4) is 11.3 Å². The number of rotatable bonds is 4. The van der Waals surface area contributed by atoms with Gasteiger partial charge in [0.1, 0.15) is 0 Å². The SMILES string of the molecule is O=C(O)c1cccc(-c2cnc(Nc3ccccc3)o2)c1. The Labute approximate surface area is 120 Å². The summed E-state index contributed by atoms with van der Waals surface area (Å²) in [6.07, 6.45) is 1.56.